The van der Waals surface area contributed by atoms with Gasteiger partial charge in [0.05, 0.1) is 11.6 Å². The summed E-state index contributed by atoms with van der Waals surface area (Å²) < 4.78 is 4.28. The standard InChI is InChI=1S/C19H32ClN7S/c1-14(2)11-27-17(23-24-19(27)28-6)8-7-9-22-18(21-3)26(5)13-16-10-15(20)12-25(16)4/h10,12,14H,7-9,11,13H2,1-6H3,(H,21,22). The van der Waals surface area contributed by atoms with Crippen molar-refractivity contribution in [2.24, 2.45) is 18.0 Å². The molecular formula is C19H32ClN7S. The van der Waals surface area contributed by atoms with Gasteiger partial charge in [-0.2, -0.15) is 0 Å². The summed E-state index contributed by atoms with van der Waals surface area (Å²) in [6.45, 7) is 6.96. The van der Waals surface area contributed by atoms with Crippen LogP contribution in [0.15, 0.2) is 22.4 Å². The van der Waals surface area contributed by atoms with Crippen molar-refractivity contribution >= 4 is 29.3 Å². The van der Waals surface area contributed by atoms with Crippen LogP contribution in [0.3, 0.4) is 0 Å². The zero-order valence-corrected chi connectivity index (χ0v) is 19.3. The van der Waals surface area contributed by atoms with Crippen molar-refractivity contribution in [3.05, 3.63) is 28.8 Å². The third kappa shape index (κ3) is 6.17. The summed E-state index contributed by atoms with van der Waals surface area (Å²) in [4.78, 5) is 6.49. The maximum absolute atomic E-state index is 6.08. The Morgan fingerprint density at radius 3 is 2.71 bits per heavy atom. The van der Waals surface area contributed by atoms with E-state index in [1.165, 1.54) is 0 Å². The van der Waals surface area contributed by atoms with E-state index in [4.69, 9.17) is 11.6 Å². The zero-order chi connectivity index (χ0) is 20.7. The number of nitrogens with one attached hydrogen (secondary N) is 1. The zero-order valence-electron chi connectivity index (χ0n) is 17.7. The van der Waals surface area contributed by atoms with Gasteiger partial charge in [-0.25, -0.2) is 0 Å². The minimum absolute atomic E-state index is 0.567. The van der Waals surface area contributed by atoms with E-state index >= 15 is 0 Å². The molecule has 0 radical (unpaired) electrons. The first-order valence-corrected chi connectivity index (χ1v) is 11.1. The molecule has 0 amide bonds. The number of nitrogens with zero attached hydrogens (tertiary/aromatic N) is 6. The fourth-order valence-corrected chi connectivity index (χ4v) is 3.87. The molecule has 2 heterocycles. The third-order valence-corrected chi connectivity index (χ3v) is 5.30. The van der Waals surface area contributed by atoms with Gasteiger partial charge < -0.3 is 19.4 Å². The Labute approximate surface area is 177 Å². The smallest absolute Gasteiger partial charge is 0.193 e. The minimum atomic E-state index is 0.567. The topological polar surface area (TPSA) is 63.3 Å². The van der Waals surface area contributed by atoms with Gasteiger partial charge in [0.15, 0.2) is 11.1 Å². The molecular weight excluding hydrogens is 394 g/mol. The van der Waals surface area contributed by atoms with E-state index in [-0.39, 0.29) is 0 Å². The highest BCUT2D eigenvalue weighted by Crippen LogP contribution is 2.17. The quantitative estimate of drug-likeness (QED) is 0.289. The van der Waals surface area contributed by atoms with E-state index in [1.807, 2.05) is 37.2 Å². The lowest BCUT2D eigenvalue weighted by Crippen LogP contribution is -2.39. The highest BCUT2D eigenvalue weighted by molar-refractivity contribution is 7.98. The molecule has 0 bridgehead atoms. The monoisotopic (exact) mass is 425 g/mol. The Morgan fingerprint density at radius 1 is 1.39 bits per heavy atom. The van der Waals surface area contributed by atoms with Gasteiger partial charge in [-0.15, -0.1) is 10.2 Å². The first-order chi connectivity index (χ1) is 13.3. The number of aromatic nitrogens is 4. The molecule has 9 heteroatoms. The second-order valence-electron chi connectivity index (χ2n) is 7.30. The number of aryl methyl sites for hydroxylation is 2. The predicted octanol–water partition coefficient (Wildman–Crippen LogP) is 3.29. The molecule has 0 spiro atoms. The number of thioether (sulfide) groups is 1. The lowest BCUT2D eigenvalue weighted by atomic mass is 10.2. The SMILES string of the molecule is CN=C(NCCCc1nnc(SC)n1CC(C)C)N(C)Cc1cc(Cl)cn1C. The van der Waals surface area contributed by atoms with Gasteiger partial charge in [0.2, 0.25) is 0 Å². The van der Waals surface area contributed by atoms with Gasteiger partial charge in [-0.3, -0.25) is 4.99 Å². The van der Waals surface area contributed by atoms with E-state index in [9.17, 15) is 0 Å². The Bertz CT molecular complexity index is 781. The maximum atomic E-state index is 6.08. The van der Waals surface area contributed by atoms with Crippen LogP contribution in [-0.4, -0.2) is 57.1 Å². The molecule has 0 fully saturated rings. The summed E-state index contributed by atoms with van der Waals surface area (Å²) in [5.74, 6) is 2.49. The second-order valence-corrected chi connectivity index (χ2v) is 8.51. The van der Waals surface area contributed by atoms with Crippen LogP contribution < -0.4 is 5.32 Å². The molecule has 0 atom stereocenters. The third-order valence-electron chi connectivity index (χ3n) is 4.43. The number of hydrogen-bond donors (Lipinski definition) is 1. The first-order valence-electron chi connectivity index (χ1n) is 9.54. The van der Waals surface area contributed by atoms with Crippen LogP contribution in [-0.2, 0) is 26.6 Å². The molecule has 0 aliphatic heterocycles. The van der Waals surface area contributed by atoms with Gasteiger partial charge in [0, 0.05) is 52.5 Å². The average Bonchev–Trinajstić information content (AvgIpc) is 3.16. The Hall–Kier alpha value is -1.67. The van der Waals surface area contributed by atoms with Crippen molar-refractivity contribution in [3.8, 4) is 0 Å². The molecule has 2 aromatic heterocycles. The number of halogens is 1. The van der Waals surface area contributed by atoms with E-state index in [0.717, 1.165) is 60.1 Å². The van der Waals surface area contributed by atoms with Crippen molar-refractivity contribution in [2.75, 3.05) is 26.9 Å². The predicted molar refractivity (Wildman–Crippen MR) is 118 cm³/mol. The largest absolute Gasteiger partial charge is 0.356 e. The lowest BCUT2D eigenvalue weighted by Gasteiger charge is -2.22. The fraction of sp³-hybridized carbons (Fsp3) is 0.632. The molecule has 0 unspecified atom stereocenters. The molecule has 0 aliphatic carbocycles. The molecule has 2 aromatic rings. The summed E-state index contributed by atoms with van der Waals surface area (Å²) in [6, 6.07) is 1.98. The van der Waals surface area contributed by atoms with Crippen LogP contribution in [0.25, 0.3) is 0 Å². The van der Waals surface area contributed by atoms with Crippen LogP contribution in [0, 0.1) is 5.92 Å². The van der Waals surface area contributed by atoms with Crippen molar-refractivity contribution in [2.45, 2.75) is 44.9 Å². The van der Waals surface area contributed by atoms with Gasteiger partial charge in [-0.1, -0.05) is 37.2 Å². The van der Waals surface area contributed by atoms with E-state index in [2.05, 4.69) is 43.8 Å². The van der Waals surface area contributed by atoms with E-state index in [0.29, 0.717) is 5.92 Å². The molecule has 0 aliphatic rings. The van der Waals surface area contributed by atoms with Crippen molar-refractivity contribution < 1.29 is 0 Å². The summed E-state index contributed by atoms with van der Waals surface area (Å²) in [7, 11) is 5.84. The van der Waals surface area contributed by atoms with Gasteiger partial charge in [0.1, 0.15) is 5.82 Å². The number of guanidine groups is 1. The van der Waals surface area contributed by atoms with Gasteiger partial charge in [0.25, 0.3) is 0 Å². The van der Waals surface area contributed by atoms with Crippen LogP contribution in [0.1, 0.15) is 31.8 Å². The first kappa shape index (κ1) is 22.6. The maximum Gasteiger partial charge on any atom is 0.193 e. The van der Waals surface area contributed by atoms with Crippen LogP contribution >= 0.6 is 23.4 Å². The number of aliphatic imine (C=N–C) groups is 1. The summed E-state index contributed by atoms with van der Waals surface area (Å²) in [5, 5.41) is 13.9. The van der Waals surface area contributed by atoms with E-state index in [1.54, 1.807) is 18.8 Å². The molecule has 7 nitrogen and oxygen atoms in total. The number of rotatable bonds is 9. The average molecular weight is 426 g/mol. The summed E-state index contributed by atoms with van der Waals surface area (Å²) >= 11 is 7.73. The van der Waals surface area contributed by atoms with Gasteiger partial charge in [-0.05, 0) is 24.7 Å². The van der Waals surface area contributed by atoms with E-state index < -0.39 is 0 Å². The molecule has 2 rings (SSSR count). The van der Waals surface area contributed by atoms with Crippen LogP contribution in [0.2, 0.25) is 5.02 Å². The molecule has 0 aromatic carbocycles. The molecule has 156 valence electrons. The molecule has 0 saturated carbocycles. The second kappa shape index (κ2) is 10.8. The Kier molecular flexibility index (Phi) is 8.69. The number of hydrogen-bond acceptors (Lipinski definition) is 4. The summed E-state index contributed by atoms with van der Waals surface area (Å²) in [5.41, 5.74) is 1.14. The minimum Gasteiger partial charge on any atom is -0.356 e. The van der Waals surface area contributed by atoms with Crippen molar-refractivity contribution in [1.29, 1.82) is 0 Å². The Balaban J connectivity index is 1.86. The van der Waals surface area contributed by atoms with Crippen molar-refractivity contribution in [1.82, 2.24) is 29.5 Å². The normalized spacial score (nSPS) is 12.1. The van der Waals surface area contributed by atoms with Crippen LogP contribution in [0.4, 0.5) is 0 Å². The van der Waals surface area contributed by atoms with Crippen LogP contribution in [0.5, 0.6) is 0 Å². The highest BCUT2D eigenvalue weighted by atomic mass is 35.5. The molecule has 0 saturated heterocycles. The fourth-order valence-electron chi connectivity index (χ4n) is 3.08. The van der Waals surface area contributed by atoms with Crippen molar-refractivity contribution in [3.63, 3.8) is 0 Å². The Morgan fingerprint density at radius 2 is 2.14 bits per heavy atom. The molecule has 28 heavy (non-hydrogen) atoms. The summed E-state index contributed by atoms with van der Waals surface area (Å²) in [6.07, 6.45) is 5.82. The highest BCUT2D eigenvalue weighted by Gasteiger charge is 2.13. The van der Waals surface area contributed by atoms with Gasteiger partial charge >= 0.3 is 0 Å². The lowest BCUT2D eigenvalue weighted by molar-refractivity contribution is 0.458. The molecule has 1 N–H and O–H groups in total.